The summed E-state index contributed by atoms with van der Waals surface area (Å²) < 4.78 is 38.0. The number of amides is 1. The Hall–Kier alpha value is -1.52. The molecular formula is C14H18F3NO. The topological polar surface area (TPSA) is 29.1 Å². The molecule has 0 bridgehead atoms. The summed E-state index contributed by atoms with van der Waals surface area (Å²) in [5.41, 5.74) is -0.124. The highest BCUT2D eigenvalue weighted by atomic mass is 19.4. The number of nitrogens with one attached hydrogen (secondary N) is 1. The Morgan fingerprint density at radius 2 is 1.95 bits per heavy atom. The van der Waals surface area contributed by atoms with Crippen molar-refractivity contribution in [3.05, 3.63) is 35.4 Å². The van der Waals surface area contributed by atoms with Crippen LogP contribution in [0.2, 0.25) is 0 Å². The molecule has 0 spiro atoms. The summed E-state index contributed by atoms with van der Waals surface area (Å²) in [7, 11) is 1.52. The fraction of sp³-hybridized carbons (Fsp3) is 0.500. The van der Waals surface area contributed by atoms with Crippen LogP contribution in [0, 0.1) is 5.92 Å². The third kappa shape index (κ3) is 4.26. The molecule has 0 saturated heterocycles. The number of alkyl halides is 3. The summed E-state index contributed by atoms with van der Waals surface area (Å²) in [4.78, 5) is 11.4. The van der Waals surface area contributed by atoms with Crippen LogP contribution in [0.4, 0.5) is 13.2 Å². The van der Waals surface area contributed by atoms with Crippen LogP contribution in [0.25, 0.3) is 0 Å². The van der Waals surface area contributed by atoms with Crippen molar-refractivity contribution in [3.63, 3.8) is 0 Å². The van der Waals surface area contributed by atoms with Gasteiger partial charge < -0.3 is 5.32 Å². The van der Waals surface area contributed by atoms with E-state index in [9.17, 15) is 18.0 Å². The number of hydrogen-bond donors (Lipinski definition) is 1. The van der Waals surface area contributed by atoms with E-state index in [0.717, 1.165) is 12.1 Å². The largest absolute Gasteiger partial charge is 0.416 e. The van der Waals surface area contributed by atoms with Gasteiger partial charge in [0.15, 0.2) is 0 Å². The van der Waals surface area contributed by atoms with Crippen molar-refractivity contribution in [2.24, 2.45) is 5.92 Å². The molecule has 0 heterocycles. The van der Waals surface area contributed by atoms with Gasteiger partial charge in [0.05, 0.1) is 5.56 Å². The lowest BCUT2D eigenvalue weighted by Gasteiger charge is -2.21. The molecule has 106 valence electrons. The predicted octanol–water partition coefficient (Wildman–Crippen LogP) is 3.58. The van der Waals surface area contributed by atoms with Gasteiger partial charge in [0, 0.05) is 13.5 Å². The first-order valence-electron chi connectivity index (χ1n) is 6.13. The van der Waals surface area contributed by atoms with Crippen LogP contribution in [0.5, 0.6) is 0 Å². The summed E-state index contributed by atoms with van der Waals surface area (Å²) in [5, 5.41) is 2.50. The maximum absolute atomic E-state index is 12.7. The molecule has 1 amide bonds. The van der Waals surface area contributed by atoms with E-state index in [0.29, 0.717) is 5.56 Å². The normalized spacial score (nSPS) is 13.4. The lowest BCUT2D eigenvalue weighted by molar-refractivity contribution is -0.137. The van der Waals surface area contributed by atoms with Gasteiger partial charge >= 0.3 is 6.18 Å². The molecule has 1 aromatic carbocycles. The molecule has 1 atom stereocenters. The fourth-order valence-electron chi connectivity index (χ4n) is 1.99. The summed E-state index contributed by atoms with van der Waals surface area (Å²) >= 11 is 0. The molecule has 2 nitrogen and oxygen atoms in total. The van der Waals surface area contributed by atoms with Crippen molar-refractivity contribution < 1.29 is 18.0 Å². The van der Waals surface area contributed by atoms with Gasteiger partial charge in [-0.25, -0.2) is 0 Å². The Morgan fingerprint density at radius 3 is 2.42 bits per heavy atom. The van der Waals surface area contributed by atoms with Crippen LogP contribution >= 0.6 is 0 Å². The molecule has 5 heteroatoms. The van der Waals surface area contributed by atoms with Gasteiger partial charge in [0.25, 0.3) is 0 Å². The molecule has 0 saturated carbocycles. The molecule has 0 radical (unpaired) electrons. The van der Waals surface area contributed by atoms with E-state index >= 15 is 0 Å². The van der Waals surface area contributed by atoms with Gasteiger partial charge in [0.1, 0.15) is 0 Å². The maximum atomic E-state index is 12.7. The van der Waals surface area contributed by atoms with E-state index in [2.05, 4.69) is 5.32 Å². The average molecular weight is 273 g/mol. The Morgan fingerprint density at radius 1 is 1.32 bits per heavy atom. The van der Waals surface area contributed by atoms with E-state index in [-0.39, 0.29) is 24.2 Å². The molecular weight excluding hydrogens is 255 g/mol. The van der Waals surface area contributed by atoms with Crippen LogP contribution in [0.1, 0.15) is 37.3 Å². The number of halogens is 3. The Labute approximate surface area is 111 Å². The molecule has 0 fully saturated rings. The summed E-state index contributed by atoms with van der Waals surface area (Å²) in [5.74, 6) is -0.306. The number of rotatable bonds is 4. The number of carbonyl (C=O) groups excluding carboxylic acids is 1. The van der Waals surface area contributed by atoms with Gasteiger partial charge in [-0.05, 0) is 23.5 Å². The zero-order valence-electron chi connectivity index (χ0n) is 11.2. The second kappa shape index (κ2) is 6.08. The molecule has 1 unspecified atom stereocenters. The number of carbonyl (C=O) groups is 1. The second-order valence-electron chi connectivity index (χ2n) is 4.85. The van der Waals surface area contributed by atoms with E-state index < -0.39 is 11.7 Å². The highest BCUT2D eigenvalue weighted by Gasteiger charge is 2.31. The monoisotopic (exact) mass is 273 g/mol. The van der Waals surface area contributed by atoms with Crippen molar-refractivity contribution in [3.8, 4) is 0 Å². The summed E-state index contributed by atoms with van der Waals surface area (Å²) in [6.45, 7) is 3.79. The Balaban J connectivity index is 3.06. The summed E-state index contributed by atoms with van der Waals surface area (Å²) in [6.07, 6.45) is -4.17. The Bertz CT molecular complexity index is 441. The second-order valence-corrected chi connectivity index (χ2v) is 4.85. The third-order valence-electron chi connectivity index (χ3n) is 3.13. The maximum Gasteiger partial charge on any atom is 0.416 e. The van der Waals surface area contributed by atoms with E-state index in [4.69, 9.17) is 0 Å². The van der Waals surface area contributed by atoms with Crippen LogP contribution in [-0.4, -0.2) is 13.0 Å². The zero-order chi connectivity index (χ0) is 14.6. The molecule has 0 aliphatic carbocycles. The minimum absolute atomic E-state index is 0.0841. The highest BCUT2D eigenvalue weighted by Crippen LogP contribution is 2.34. The first-order valence-corrected chi connectivity index (χ1v) is 6.13. The first kappa shape index (κ1) is 15.5. The van der Waals surface area contributed by atoms with Gasteiger partial charge in [-0.3, -0.25) is 4.79 Å². The van der Waals surface area contributed by atoms with E-state index in [1.807, 2.05) is 13.8 Å². The van der Waals surface area contributed by atoms with Crippen molar-refractivity contribution in [2.75, 3.05) is 7.05 Å². The average Bonchev–Trinajstić information content (AvgIpc) is 2.34. The number of hydrogen-bond acceptors (Lipinski definition) is 1. The van der Waals surface area contributed by atoms with Crippen molar-refractivity contribution in [2.45, 2.75) is 32.4 Å². The lowest BCUT2D eigenvalue weighted by Crippen LogP contribution is -2.22. The van der Waals surface area contributed by atoms with E-state index in [1.165, 1.54) is 13.1 Å². The highest BCUT2D eigenvalue weighted by molar-refractivity contribution is 5.76. The minimum atomic E-state index is -4.36. The fourth-order valence-corrected chi connectivity index (χ4v) is 1.99. The molecule has 0 aliphatic rings. The minimum Gasteiger partial charge on any atom is -0.359 e. The molecule has 1 N–H and O–H groups in total. The quantitative estimate of drug-likeness (QED) is 0.892. The van der Waals surface area contributed by atoms with Crippen LogP contribution in [0.15, 0.2) is 24.3 Å². The summed E-state index contributed by atoms with van der Waals surface area (Å²) in [6, 6.07) is 5.20. The molecule has 0 aromatic heterocycles. The third-order valence-corrected chi connectivity index (χ3v) is 3.13. The SMILES string of the molecule is CNC(=O)CC(c1cccc(C(F)(F)F)c1)C(C)C. The molecule has 1 aromatic rings. The van der Waals surface area contributed by atoms with Crippen molar-refractivity contribution >= 4 is 5.91 Å². The van der Waals surface area contributed by atoms with Gasteiger partial charge in [-0.15, -0.1) is 0 Å². The lowest BCUT2D eigenvalue weighted by atomic mass is 9.85. The zero-order valence-corrected chi connectivity index (χ0v) is 11.2. The van der Waals surface area contributed by atoms with E-state index in [1.54, 1.807) is 6.07 Å². The first-order chi connectivity index (χ1) is 8.75. The van der Waals surface area contributed by atoms with Crippen molar-refractivity contribution in [1.82, 2.24) is 5.32 Å². The van der Waals surface area contributed by atoms with Gasteiger partial charge in [-0.2, -0.15) is 13.2 Å². The van der Waals surface area contributed by atoms with Gasteiger partial charge in [-0.1, -0.05) is 32.0 Å². The molecule has 19 heavy (non-hydrogen) atoms. The van der Waals surface area contributed by atoms with Crippen molar-refractivity contribution in [1.29, 1.82) is 0 Å². The molecule has 1 rings (SSSR count). The van der Waals surface area contributed by atoms with Crippen LogP contribution in [-0.2, 0) is 11.0 Å². The number of benzene rings is 1. The Kier molecular flexibility index (Phi) is 4.97. The standard InChI is InChI=1S/C14H18F3NO/c1-9(2)12(8-13(19)18-3)10-5-4-6-11(7-10)14(15,16)17/h4-7,9,12H,8H2,1-3H3,(H,18,19). The predicted molar refractivity (Wildman–Crippen MR) is 67.7 cm³/mol. The smallest absolute Gasteiger partial charge is 0.359 e. The molecule has 0 aliphatic heterocycles. The van der Waals surface area contributed by atoms with Gasteiger partial charge in [0.2, 0.25) is 5.91 Å². The van der Waals surface area contributed by atoms with Crippen LogP contribution in [0.3, 0.4) is 0 Å². The van der Waals surface area contributed by atoms with Crippen LogP contribution < -0.4 is 5.32 Å².